The van der Waals surface area contributed by atoms with Gasteiger partial charge in [-0.1, -0.05) is 11.6 Å². The Labute approximate surface area is 118 Å². The fraction of sp³-hybridized carbons (Fsp3) is 0. The van der Waals surface area contributed by atoms with Gasteiger partial charge in [0.1, 0.15) is 5.82 Å². The zero-order chi connectivity index (χ0) is 14.1. The third kappa shape index (κ3) is 2.21. The monoisotopic (exact) mass is 289 g/mol. The number of anilines is 1. The highest BCUT2D eigenvalue weighted by Gasteiger charge is 2.14. The van der Waals surface area contributed by atoms with Crippen LogP contribution >= 0.6 is 11.6 Å². The van der Waals surface area contributed by atoms with Gasteiger partial charge in [-0.2, -0.15) is 4.68 Å². The number of nitrogens with zero attached hydrogens (tertiary/aromatic N) is 4. The minimum Gasteiger partial charge on any atom is -0.398 e. The molecule has 0 aliphatic heterocycles. The summed E-state index contributed by atoms with van der Waals surface area (Å²) in [6.45, 7) is 0. The van der Waals surface area contributed by atoms with Crippen LogP contribution in [0.25, 0.3) is 17.1 Å². The Morgan fingerprint density at radius 3 is 2.60 bits per heavy atom. The maximum absolute atomic E-state index is 13.0. The van der Waals surface area contributed by atoms with Crippen molar-refractivity contribution in [1.29, 1.82) is 0 Å². The molecule has 0 spiro atoms. The van der Waals surface area contributed by atoms with E-state index in [1.807, 2.05) is 0 Å². The highest BCUT2D eigenvalue weighted by atomic mass is 35.5. The normalized spacial score (nSPS) is 10.7. The van der Waals surface area contributed by atoms with Crippen molar-refractivity contribution in [2.24, 2.45) is 0 Å². The summed E-state index contributed by atoms with van der Waals surface area (Å²) >= 11 is 5.97. The first-order valence-electron chi connectivity index (χ1n) is 5.75. The van der Waals surface area contributed by atoms with Crippen LogP contribution in [0.1, 0.15) is 0 Å². The van der Waals surface area contributed by atoms with Crippen molar-refractivity contribution in [3.8, 4) is 17.1 Å². The van der Waals surface area contributed by atoms with Crippen molar-refractivity contribution in [2.45, 2.75) is 0 Å². The summed E-state index contributed by atoms with van der Waals surface area (Å²) in [5.74, 6) is 0.113. The smallest absolute Gasteiger partial charge is 0.189 e. The van der Waals surface area contributed by atoms with Crippen LogP contribution in [0.5, 0.6) is 0 Å². The lowest BCUT2D eigenvalue weighted by atomic mass is 10.1. The van der Waals surface area contributed by atoms with E-state index in [0.29, 0.717) is 27.8 Å². The number of benzene rings is 2. The molecule has 0 saturated heterocycles. The molecule has 0 radical (unpaired) electrons. The number of hydrogen-bond donors (Lipinski definition) is 1. The molecule has 0 bridgehead atoms. The molecule has 1 heterocycles. The second-order valence-electron chi connectivity index (χ2n) is 4.12. The Bertz CT molecular complexity index is 754. The van der Waals surface area contributed by atoms with Crippen LogP contribution in [0.2, 0.25) is 5.02 Å². The highest BCUT2D eigenvalue weighted by Crippen LogP contribution is 2.28. The Kier molecular flexibility index (Phi) is 3.08. The minimum atomic E-state index is -0.328. The molecule has 20 heavy (non-hydrogen) atoms. The summed E-state index contributed by atoms with van der Waals surface area (Å²) in [4.78, 5) is 0. The zero-order valence-electron chi connectivity index (χ0n) is 10.2. The van der Waals surface area contributed by atoms with Crippen molar-refractivity contribution in [2.75, 3.05) is 5.73 Å². The maximum Gasteiger partial charge on any atom is 0.189 e. The average molecular weight is 290 g/mol. The molecule has 0 saturated carbocycles. The van der Waals surface area contributed by atoms with Gasteiger partial charge in [0.15, 0.2) is 5.82 Å². The van der Waals surface area contributed by atoms with Crippen LogP contribution < -0.4 is 5.73 Å². The molecule has 0 amide bonds. The molecule has 3 rings (SSSR count). The summed E-state index contributed by atoms with van der Waals surface area (Å²) in [6.07, 6.45) is 0. The Hall–Kier alpha value is -2.47. The summed E-state index contributed by atoms with van der Waals surface area (Å²) in [6, 6.07) is 10.9. The summed E-state index contributed by atoms with van der Waals surface area (Å²) < 4.78 is 14.4. The lowest BCUT2D eigenvalue weighted by molar-refractivity contribution is 0.627. The summed E-state index contributed by atoms with van der Waals surface area (Å²) in [7, 11) is 0. The third-order valence-electron chi connectivity index (χ3n) is 2.80. The lowest BCUT2D eigenvalue weighted by Crippen LogP contribution is -2.01. The second-order valence-corrected chi connectivity index (χ2v) is 4.56. The van der Waals surface area contributed by atoms with Crippen LogP contribution in [0.4, 0.5) is 10.1 Å². The Balaban J connectivity index is 2.15. The van der Waals surface area contributed by atoms with Crippen LogP contribution in [0.15, 0.2) is 42.5 Å². The van der Waals surface area contributed by atoms with E-state index < -0.39 is 0 Å². The van der Waals surface area contributed by atoms with E-state index in [1.54, 1.807) is 30.3 Å². The number of hydrogen-bond acceptors (Lipinski definition) is 4. The number of aromatic nitrogens is 4. The first-order chi connectivity index (χ1) is 9.65. The number of nitrogen functional groups attached to an aromatic ring is 1. The van der Waals surface area contributed by atoms with Gasteiger partial charge < -0.3 is 5.73 Å². The van der Waals surface area contributed by atoms with Crippen molar-refractivity contribution in [3.05, 3.63) is 53.3 Å². The number of tetrazole rings is 1. The summed E-state index contributed by atoms with van der Waals surface area (Å²) in [5, 5.41) is 12.0. The van der Waals surface area contributed by atoms with Gasteiger partial charge >= 0.3 is 0 Å². The molecular formula is C13H9ClFN5. The van der Waals surface area contributed by atoms with Crippen LogP contribution in [-0.4, -0.2) is 20.2 Å². The molecule has 7 heteroatoms. The fourth-order valence-electron chi connectivity index (χ4n) is 1.83. The zero-order valence-corrected chi connectivity index (χ0v) is 10.9. The van der Waals surface area contributed by atoms with Crippen LogP contribution in [0.3, 0.4) is 0 Å². The molecule has 0 aliphatic rings. The van der Waals surface area contributed by atoms with Crippen LogP contribution in [-0.2, 0) is 0 Å². The molecule has 3 aromatic rings. The van der Waals surface area contributed by atoms with E-state index >= 15 is 0 Å². The van der Waals surface area contributed by atoms with Gasteiger partial charge in [-0.15, -0.1) is 5.10 Å². The molecule has 100 valence electrons. The molecular weight excluding hydrogens is 281 g/mol. The van der Waals surface area contributed by atoms with E-state index in [9.17, 15) is 4.39 Å². The first kappa shape index (κ1) is 12.6. The molecule has 0 atom stereocenters. The SMILES string of the molecule is Nc1ccc(Cl)cc1-c1nnnn1-c1ccc(F)cc1. The van der Waals surface area contributed by atoms with Gasteiger partial charge in [0.2, 0.25) is 0 Å². The fourth-order valence-corrected chi connectivity index (χ4v) is 2.01. The lowest BCUT2D eigenvalue weighted by Gasteiger charge is -2.07. The number of halogens is 2. The van der Waals surface area contributed by atoms with Crippen molar-refractivity contribution >= 4 is 17.3 Å². The molecule has 5 nitrogen and oxygen atoms in total. The van der Waals surface area contributed by atoms with E-state index in [-0.39, 0.29) is 5.82 Å². The van der Waals surface area contributed by atoms with E-state index in [0.717, 1.165) is 0 Å². The van der Waals surface area contributed by atoms with Crippen molar-refractivity contribution in [3.63, 3.8) is 0 Å². The second kappa shape index (κ2) is 4.90. The predicted molar refractivity (Wildman–Crippen MR) is 74.0 cm³/mol. The highest BCUT2D eigenvalue weighted by molar-refractivity contribution is 6.31. The summed E-state index contributed by atoms with van der Waals surface area (Å²) in [5.41, 5.74) is 7.68. The molecule has 2 aromatic carbocycles. The van der Waals surface area contributed by atoms with Gasteiger partial charge in [0.05, 0.1) is 5.69 Å². The van der Waals surface area contributed by atoms with Crippen molar-refractivity contribution < 1.29 is 4.39 Å². The van der Waals surface area contributed by atoms with Gasteiger partial charge in [-0.3, -0.25) is 0 Å². The average Bonchev–Trinajstić information content (AvgIpc) is 2.91. The van der Waals surface area contributed by atoms with Crippen molar-refractivity contribution in [1.82, 2.24) is 20.2 Å². The molecule has 1 aromatic heterocycles. The molecule has 2 N–H and O–H groups in total. The standard InChI is InChI=1S/C13H9ClFN5/c14-8-1-6-12(16)11(7-8)13-17-18-19-20(13)10-4-2-9(15)3-5-10/h1-7H,16H2. The molecule has 0 unspecified atom stereocenters. The van der Waals surface area contributed by atoms with Crippen LogP contribution in [0, 0.1) is 5.82 Å². The van der Waals surface area contributed by atoms with Gasteiger partial charge in [0, 0.05) is 16.3 Å². The molecule has 0 fully saturated rings. The Morgan fingerprint density at radius 2 is 1.85 bits per heavy atom. The largest absolute Gasteiger partial charge is 0.398 e. The van der Waals surface area contributed by atoms with Gasteiger partial charge in [-0.05, 0) is 52.9 Å². The Morgan fingerprint density at radius 1 is 1.10 bits per heavy atom. The number of rotatable bonds is 2. The van der Waals surface area contributed by atoms with E-state index in [2.05, 4.69) is 15.5 Å². The quantitative estimate of drug-likeness (QED) is 0.736. The third-order valence-corrected chi connectivity index (χ3v) is 3.03. The predicted octanol–water partition coefficient (Wildman–Crippen LogP) is 2.70. The molecule has 0 aliphatic carbocycles. The minimum absolute atomic E-state index is 0.328. The number of nitrogens with two attached hydrogens (primary N) is 1. The van der Waals surface area contributed by atoms with Gasteiger partial charge in [0.25, 0.3) is 0 Å². The van der Waals surface area contributed by atoms with E-state index in [1.165, 1.54) is 16.8 Å². The van der Waals surface area contributed by atoms with Gasteiger partial charge in [-0.25, -0.2) is 4.39 Å². The first-order valence-corrected chi connectivity index (χ1v) is 6.12. The van der Waals surface area contributed by atoms with E-state index in [4.69, 9.17) is 17.3 Å². The topological polar surface area (TPSA) is 69.6 Å². The maximum atomic E-state index is 13.0.